The molecule has 1 aromatic carbocycles. The van der Waals surface area contributed by atoms with Crippen LogP contribution in [0.1, 0.15) is 26.3 Å². The lowest BCUT2D eigenvalue weighted by atomic mass is 9.93. The van der Waals surface area contributed by atoms with E-state index in [4.69, 9.17) is 5.73 Å². The average Bonchev–Trinajstić information content (AvgIpc) is 2.45. The lowest BCUT2D eigenvalue weighted by Crippen LogP contribution is -2.43. The minimum atomic E-state index is -0.272. The Morgan fingerprint density at radius 2 is 1.95 bits per heavy atom. The molecular weight excluding hydrogens is 269 g/mol. The van der Waals surface area contributed by atoms with Gasteiger partial charge in [-0.1, -0.05) is 32.9 Å². The van der Waals surface area contributed by atoms with Crippen LogP contribution in [0.15, 0.2) is 24.3 Å². The van der Waals surface area contributed by atoms with Crippen molar-refractivity contribution in [2.24, 2.45) is 11.1 Å². The Bertz CT molecular complexity index is 445. The third-order valence-electron chi connectivity index (χ3n) is 3.42. The number of carbonyl (C=O) groups excluding carboxylic acids is 1. The number of nitrogens with zero attached hydrogens (tertiary/aromatic N) is 1. The Hall–Kier alpha value is -1.46. The monoisotopic (exact) mass is 295 g/mol. The predicted molar refractivity (Wildman–Crippen MR) is 83.2 cm³/mol. The Labute approximate surface area is 126 Å². The molecule has 5 heteroatoms. The fourth-order valence-corrected chi connectivity index (χ4v) is 2.01. The molecule has 0 heterocycles. The van der Waals surface area contributed by atoms with Gasteiger partial charge in [0.25, 0.3) is 0 Å². The van der Waals surface area contributed by atoms with Crippen LogP contribution in [0.5, 0.6) is 0 Å². The summed E-state index contributed by atoms with van der Waals surface area (Å²) >= 11 is 0. The number of nitrogens with two attached hydrogens (primary N) is 1. The van der Waals surface area contributed by atoms with Crippen molar-refractivity contribution in [3.8, 4) is 0 Å². The van der Waals surface area contributed by atoms with E-state index in [0.717, 1.165) is 18.7 Å². The van der Waals surface area contributed by atoms with Crippen LogP contribution in [0.3, 0.4) is 0 Å². The highest BCUT2D eigenvalue weighted by Gasteiger charge is 2.20. The largest absolute Gasteiger partial charge is 0.351 e. The Morgan fingerprint density at radius 1 is 1.33 bits per heavy atom. The van der Waals surface area contributed by atoms with E-state index >= 15 is 0 Å². The lowest BCUT2D eigenvalue weighted by molar-refractivity contribution is -0.122. The summed E-state index contributed by atoms with van der Waals surface area (Å²) in [6.45, 7) is 9.13. The number of hydrogen-bond donors (Lipinski definition) is 2. The van der Waals surface area contributed by atoms with Crippen molar-refractivity contribution in [2.45, 2.75) is 27.3 Å². The molecule has 0 radical (unpaired) electrons. The van der Waals surface area contributed by atoms with Gasteiger partial charge >= 0.3 is 0 Å². The second-order valence-electron chi connectivity index (χ2n) is 6.07. The minimum Gasteiger partial charge on any atom is -0.351 e. The molecule has 3 N–H and O–H groups in total. The van der Waals surface area contributed by atoms with Crippen LogP contribution in [-0.2, 0) is 11.3 Å². The number of rotatable bonds is 8. The van der Waals surface area contributed by atoms with Gasteiger partial charge in [0.2, 0.25) is 5.91 Å². The number of benzene rings is 1. The third kappa shape index (κ3) is 6.69. The van der Waals surface area contributed by atoms with Crippen LogP contribution in [-0.4, -0.2) is 37.0 Å². The van der Waals surface area contributed by atoms with Crippen LogP contribution in [0.4, 0.5) is 4.39 Å². The first-order valence-electron chi connectivity index (χ1n) is 7.30. The molecule has 1 rings (SSSR count). The average molecular weight is 295 g/mol. The van der Waals surface area contributed by atoms with Gasteiger partial charge in [-0.15, -0.1) is 0 Å². The van der Waals surface area contributed by atoms with Gasteiger partial charge in [0, 0.05) is 13.1 Å². The van der Waals surface area contributed by atoms with Gasteiger partial charge in [-0.3, -0.25) is 9.69 Å². The molecule has 0 saturated carbocycles. The molecule has 1 amide bonds. The molecule has 0 atom stereocenters. The van der Waals surface area contributed by atoms with Gasteiger partial charge in [0.15, 0.2) is 0 Å². The number of amides is 1. The van der Waals surface area contributed by atoms with Gasteiger partial charge in [-0.2, -0.15) is 0 Å². The zero-order valence-electron chi connectivity index (χ0n) is 13.2. The first-order chi connectivity index (χ1) is 9.86. The van der Waals surface area contributed by atoms with Gasteiger partial charge < -0.3 is 11.1 Å². The van der Waals surface area contributed by atoms with E-state index < -0.39 is 0 Å². The van der Waals surface area contributed by atoms with Gasteiger partial charge in [-0.05, 0) is 36.2 Å². The molecule has 118 valence electrons. The van der Waals surface area contributed by atoms with Crippen molar-refractivity contribution in [1.29, 1.82) is 0 Å². The molecule has 1 aromatic rings. The van der Waals surface area contributed by atoms with Crippen LogP contribution >= 0.6 is 0 Å². The molecule has 0 saturated heterocycles. The summed E-state index contributed by atoms with van der Waals surface area (Å²) in [5.74, 6) is -0.305. The van der Waals surface area contributed by atoms with Gasteiger partial charge in [-0.25, -0.2) is 4.39 Å². The topological polar surface area (TPSA) is 58.4 Å². The molecule has 0 aliphatic rings. The fourth-order valence-electron chi connectivity index (χ4n) is 2.01. The Morgan fingerprint density at radius 3 is 2.48 bits per heavy atom. The highest BCUT2D eigenvalue weighted by Crippen LogP contribution is 2.14. The van der Waals surface area contributed by atoms with E-state index in [1.807, 2.05) is 6.92 Å². The summed E-state index contributed by atoms with van der Waals surface area (Å²) in [6.07, 6.45) is 0. The van der Waals surface area contributed by atoms with Crippen molar-refractivity contribution < 1.29 is 9.18 Å². The number of nitrogens with one attached hydrogen (secondary N) is 1. The van der Waals surface area contributed by atoms with Gasteiger partial charge in [0.1, 0.15) is 5.82 Å². The highest BCUT2D eigenvalue weighted by atomic mass is 19.1. The standard InChI is InChI=1S/C16H26FN3O/c1-4-20(12-16(2,3)11-18)10-15(21)19-9-13-5-7-14(17)8-6-13/h5-8H,4,9-12,18H2,1-3H3,(H,19,21). The maximum atomic E-state index is 12.8. The number of hydrogen-bond acceptors (Lipinski definition) is 3. The Kier molecular flexibility index (Phi) is 6.78. The van der Waals surface area contributed by atoms with Crippen LogP contribution in [0.2, 0.25) is 0 Å². The van der Waals surface area contributed by atoms with E-state index in [0.29, 0.717) is 19.6 Å². The smallest absolute Gasteiger partial charge is 0.234 e. The number of halogens is 1. The van der Waals surface area contributed by atoms with E-state index in [1.165, 1.54) is 12.1 Å². The van der Waals surface area contributed by atoms with E-state index in [1.54, 1.807) is 12.1 Å². The Balaban J connectivity index is 2.42. The zero-order chi connectivity index (χ0) is 15.9. The van der Waals surface area contributed by atoms with E-state index in [-0.39, 0.29) is 17.1 Å². The molecule has 0 fully saturated rings. The second kappa shape index (κ2) is 8.10. The quantitative estimate of drug-likeness (QED) is 0.768. The van der Waals surface area contributed by atoms with Crippen LogP contribution in [0, 0.1) is 11.2 Å². The highest BCUT2D eigenvalue weighted by molar-refractivity contribution is 5.78. The summed E-state index contributed by atoms with van der Waals surface area (Å²) in [5, 5.41) is 2.85. The van der Waals surface area contributed by atoms with Crippen LogP contribution in [0.25, 0.3) is 0 Å². The first kappa shape index (κ1) is 17.6. The molecule has 4 nitrogen and oxygen atoms in total. The molecule has 0 aliphatic heterocycles. The maximum Gasteiger partial charge on any atom is 0.234 e. The summed E-state index contributed by atoms with van der Waals surface area (Å²) in [7, 11) is 0. The maximum absolute atomic E-state index is 12.8. The summed E-state index contributed by atoms with van der Waals surface area (Å²) in [5.41, 5.74) is 6.61. The van der Waals surface area contributed by atoms with Crippen molar-refractivity contribution in [1.82, 2.24) is 10.2 Å². The SMILES string of the molecule is CCN(CC(=O)NCc1ccc(F)cc1)CC(C)(C)CN. The first-order valence-corrected chi connectivity index (χ1v) is 7.30. The molecule has 0 bridgehead atoms. The van der Waals surface area contributed by atoms with E-state index in [2.05, 4.69) is 24.1 Å². The van der Waals surface area contributed by atoms with Crippen molar-refractivity contribution in [2.75, 3.05) is 26.2 Å². The molecular formula is C16H26FN3O. The minimum absolute atomic E-state index is 0.00670. The second-order valence-corrected chi connectivity index (χ2v) is 6.07. The summed E-state index contributed by atoms with van der Waals surface area (Å²) in [4.78, 5) is 14.0. The normalized spacial score (nSPS) is 11.7. The summed E-state index contributed by atoms with van der Waals surface area (Å²) in [6, 6.07) is 6.13. The molecule has 0 spiro atoms. The summed E-state index contributed by atoms with van der Waals surface area (Å²) < 4.78 is 12.8. The fraction of sp³-hybridized carbons (Fsp3) is 0.562. The lowest BCUT2D eigenvalue weighted by Gasteiger charge is -2.30. The third-order valence-corrected chi connectivity index (χ3v) is 3.42. The van der Waals surface area contributed by atoms with Gasteiger partial charge in [0.05, 0.1) is 6.54 Å². The predicted octanol–water partition coefficient (Wildman–Crippen LogP) is 1.75. The molecule has 0 aromatic heterocycles. The van der Waals surface area contributed by atoms with Crippen LogP contribution < -0.4 is 11.1 Å². The van der Waals surface area contributed by atoms with Crippen molar-refractivity contribution in [3.05, 3.63) is 35.6 Å². The van der Waals surface area contributed by atoms with Crippen molar-refractivity contribution in [3.63, 3.8) is 0 Å². The van der Waals surface area contributed by atoms with E-state index in [9.17, 15) is 9.18 Å². The molecule has 0 unspecified atom stereocenters. The molecule has 21 heavy (non-hydrogen) atoms. The number of carbonyl (C=O) groups is 1. The zero-order valence-corrected chi connectivity index (χ0v) is 13.2. The molecule has 0 aliphatic carbocycles. The van der Waals surface area contributed by atoms with Crippen molar-refractivity contribution >= 4 is 5.91 Å². The number of likely N-dealkylation sites (N-methyl/N-ethyl adjacent to an activating group) is 1.